The quantitative estimate of drug-likeness (QED) is 0.764. The van der Waals surface area contributed by atoms with Gasteiger partial charge in [-0.3, -0.25) is 9.88 Å². The predicted molar refractivity (Wildman–Crippen MR) is 71.3 cm³/mol. The summed E-state index contributed by atoms with van der Waals surface area (Å²) in [7, 11) is 0. The van der Waals surface area contributed by atoms with Gasteiger partial charge in [0.25, 0.3) is 0 Å². The van der Waals surface area contributed by atoms with E-state index in [9.17, 15) is 0 Å². The number of hydrogen-bond donors (Lipinski definition) is 0. The first-order valence-electron chi connectivity index (χ1n) is 6.28. The fraction of sp³-hybridized carbons (Fsp3) is 0.615. The summed E-state index contributed by atoms with van der Waals surface area (Å²) in [5.41, 5.74) is 1.35. The van der Waals surface area contributed by atoms with Gasteiger partial charge in [0.05, 0.1) is 0 Å². The molecule has 1 fully saturated rings. The van der Waals surface area contributed by atoms with Crippen molar-refractivity contribution in [3.63, 3.8) is 0 Å². The highest BCUT2D eigenvalue weighted by Gasteiger charge is 2.14. The van der Waals surface area contributed by atoms with Crippen LogP contribution in [0.3, 0.4) is 0 Å². The minimum atomic E-state index is 0.740. The Kier molecular flexibility index (Phi) is 5.23. The largest absolute Gasteiger partial charge is 0.301 e. The van der Waals surface area contributed by atoms with Crippen molar-refractivity contribution < 1.29 is 0 Å². The highest BCUT2D eigenvalue weighted by Crippen LogP contribution is 2.08. The lowest BCUT2D eigenvalue weighted by molar-refractivity contribution is 0.258. The third-order valence-corrected chi connectivity index (χ3v) is 3.41. The molecule has 2 rings (SSSR count). The molecule has 17 heavy (non-hydrogen) atoms. The Morgan fingerprint density at radius 1 is 1.06 bits per heavy atom. The van der Waals surface area contributed by atoms with Crippen molar-refractivity contribution in [3.05, 3.63) is 30.1 Å². The molecule has 0 aliphatic carbocycles. The van der Waals surface area contributed by atoms with Gasteiger partial charge >= 0.3 is 0 Å². The number of aromatic nitrogens is 1. The van der Waals surface area contributed by atoms with Gasteiger partial charge in [-0.05, 0) is 37.2 Å². The molecule has 0 spiro atoms. The van der Waals surface area contributed by atoms with Crippen molar-refractivity contribution in [2.75, 3.05) is 38.6 Å². The zero-order valence-corrected chi connectivity index (χ0v) is 10.9. The second-order valence-electron chi connectivity index (χ2n) is 4.52. The molecular weight excluding hydrogens is 234 g/mol. The van der Waals surface area contributed by atoms with Crippen molar-refractivity contribution in [2.45, 2.75) is 13.0 Å². The van der Waals surface area contributed by atoms with Crippen LogP contribution in [0.4, 0.5) is 0 Å². The average molecular weight is 254 g/mol. The Labute approximate surface area is 108 Å². The molecule has 2 heterocycles. The van der Waals surface area contributed by atoms with Crippen LogP contribution in [0, 0.1) is 0 Å². The number of nitrogens with zero attached hydrogens (tertiary/aromatic N) is 3. The predicted octanol–water partition coefficient (Wildman–Crippen LogP) is 1.83. The maximum absolute atomic E-state index is 5.79. The molecule has 1 aliphatic rings. The third-order valence-electron chi connectivity index (χ3n) is 3.24. The van der Waals surface area contributed by atoms with Crippen LogP contribution in [0.25, 0.3) is 0 Å². The number of rotatable bonds is 4. The molecule has 0 N–H and O–H groups in total. The summed E-state index contributed by atoms with van der Waals surface area (Å²) in [4.78, 5) is 9.03. The molecule has 0 bridgehead atoms. The topological polar surface area (TPSA) is 19.4 Å². The summed E-state index contributed by atoms with van der Waals surface area (Å²) in [5.74, 6) is 0.740. The van der Waals surface area contributed by atoms with E-state index in [4.69, 9.17) is 11.6 Å². The van der Waals surface area contributed by atoms with Crippen LogP contribution in [0.1, 0.15) is 12.0 Å². The molecule has 1 aliphatic heterocycles. The van der Waals surface area contributed by atoms with E-state index in [2.05, 4.69) is 26.9 Å². The molecule has 1 saturated heterocycles. The van der Waals surface area contributed by atoms with Gasteiger partial charge in [0.2, 0.25) is 0 Å². The lowest BCUT2D eigenvalue weighted by atomic mass is 10.2. The Bertz CT molecular complexity index is 318. The van der Waals surface area contributed by atoms with E-state index in [0.29, 0.717) is 0 Å². The third kappa shape index (κ3) is 4.26. The van der Waals surface area contributed by atoms with E-state index in [-0.39, 0.29) is 0 Å². The maximum atomic E-state index is 5.79. The first-order chi connectivity index (χ1) is 8.38. The van der Waals surface area contributed by atoms with E-state index >= 15 is 0 Å². The number of hydrogen-bond acceptors (Lipinski definition) is 3. The number of pyridine rings is 1. The molecular formula is C13H20ClN3. The molecule has 1 aromatic heterocycles. The molecule has 0 aromatic carbocycles. The lowest BCUT2D eigenvalue weighted by Crippen LogP contribution is -2.31. The highest BCUT2D eigenvalue weighted by atomic mass is 35.5. The van der Waals surface area contributed by atoms with Crippen molar-refractivity contribution in [2.24, 2.45) is 0 Å². The molecule has 94 valence electrons. The summed E-state index contributed by atoms with van der Waals surface area (Å²) < 4.78 is 0. The van der Waals surface area contributed by atoms with Crippen LogP contribution < -0.4 is 0 Å². The summed E-state index contributed by atoms with van der Waals surface area (Å²) in [6.07, 6.45) is 4.97. The molecule has 0 unspecified atom stereocenters. The van der Waals surface area contributed by atoms with E-state index in [1.807, 2.05) is 12.4 Å². The first-order valence-corrected chi connectivity index (χ1v) is 6.81. The standard InChI is InChI=1S/C13H20ClN3/c14-4-9-16-7-1-8-17(11-10-16)12-13-2-5-15-6-3-13/h2-3,5-6H,1,4,7-12H2. The van der Waals surface area contributed by atoms with Gasteiger partial charge in [-0.25, -0.2) is 0 Å². The Morgan fingerprint density at radius 2 is 1.76 bits per heavy atom. The fourth-order valence-corrected chi connectivity index (χ4v) is 2.51. The van der Waals surface area contributed by atoms with Gasteiger partial charge in [-0.15, -0.1) is 11.6 Å². The number of alkyl halides is 1. The van der Waals surface area contributed by atoms with Crippen LogP contribution in [0.2, 0.25) is 0 Å². The summed E-state index contributed by atoms with van der Waals surface area (Å²) >= 11 is 5.79. The molecule has 0 amide bonds. The van der Waals surface area contributed by atoms with Crippen molar-refractivity contribution in [1.82, 2.24) is 14.8 Å². The van der Waals surface area contributed by atoms with Crippen LogP contribution >= 0.6 is 11.6 Å². The van der Waals surface area contributed by atoms with Gasteiger partial charge in [0, 0.05) is 44.5 Å². The summed E-state index contributed by atoms with van der Waals surface area (Å²) in [6.45, 7) is 6.69. The maximum Gasteiger partial charge on any atom is 0.0351 e. The zero-order valence-electron chi connectivity index (χ0n) is 10.2. The zero-order chi connectivity index (χ0) is 11.9. The van der Waals surface area contributed by atoms with Gasteiger partial charge in [-0.2, -0.15) is 0 Å². The van der Waals surface area contributed by atoms with Gasteiger partial charge < -0.3 is 4.90 Å². The molecule has 1 aromatic rings. The second kappa shape index (κ2) is 6.94. The summed E-state index contributed by atoms with van der Waals surface area (Å²) in [6, 6.07) is 4.20. The van der Waals surface area contributed by atoms with Gasteiger partial charge in [0.1, 0.15) is 0 Å². The summed E-state index contributed by atoms with van der Waals surface area (Å²) in [5, 5.41) is 0. The van der Waals surface area contributed by atoms with E-state index in [0.717, 1.165) is 32.1 Å². The van der Waals surface area contributed by atoms with E-state index in [1.165, 1.54) is 25.1 Å². The molecule has 3 nitrogen and oxygen atoms in total. The molecule has 0 atom stereocenters. The van der Waals surface area contributed by atoms with Crippen LogP contribution in [-0.2, 0) is 6.54 Å². The SMILES string of the molecule is ClCCN1CCCN(Cc2ccncc2)CC1. The smallest absolute Gasteiger partial charge is 0.0351 e. The van der Waals surface area contributed by atoms with Gasteiger partial charge in [0.15, 0.2) is 0 Å². The van der Waals surface area contributed by atoms with Crippen LogP contribution in [0.15, 0.2) is 24.5 Å². The van der Waals surface area contributed by atoms with E-state index < -0.39 is 0 Å². The van der Waals surface area contributed by atoms with Crippen molar-refractivity contribution in [3.8, 4) is 0 Å². The van der Waals surface area contributed by atoms with Gasteiger partial charge in [-0.1, -0.05) is 0 Å². The van der Waals surface area contributed by atoms with Crippen LogP contribution in [-0.4, -0.2) is 53.4 Å². The molecule has 0 radical (unpaired) electrons. The molecule has 0 saturated carbocycles. The Hall–Kier alpha value is -0.640. The monoisotopic (exact) mass is 253 g/mol. The minimum absolute atomic E-state index is 0.740. The minimum Gasteiger partial charge on any atom is -0.301 e. The van der Waals surface area contributed by atoms with E-state index in [1.54, 1.807) is 0 Å². The van der Waals surface area contributed by atoms with Crippen molar-refractivity contribution in [1.29, 1.82) is 0 Å². The van der Waals surface area contributed by atoms with Crippen LogP contribution in [0.5, 0.6) is 0 Å². The Balaban J connectivity index is 1.83. The number of halogens is 1. The Morgan fingerprint density at radius 3 is 2.53 bits per heavy atom. The van der Waals surface area contributed by atoms with Crippen molar-refractivity contribution >= 4 is 11.6 Å². The second-order valence-corrected chi connectivity index (χ2v) is 4.89. The fourth-order valence-electron chi connectivity index (χ4n) is 2.27. The first kappa shape index (κ1) is 12.8. The highest BCUT2D eigenvalue weighted by molar-refractivity contribution is 6.18. The molecule has 4 heteroatoms. The average Bonchev–Trinajstić information content (AvgIpc) is 2.57. The normalized spacial score (nSPS) is 19.1. The lowest BCUT2D eigenvalue weighted by Gasteiger charge is -2.21.